The van der Waals surface area contributed by atoms with E-state index in [1.165, 1.54) is 19.4 Å². The van der Waals surface area contributed by atoms with Crippen molar-refractivity contribution in [2.75, 3.05) is 45.9 Å². The highest BCUT2D eigenvalue weighted by Gasteiger charge is 2.48. The van der Waals surface area contributed by atoms with Crippen LogP contribution in [0.2, 0.25) is 0 Å². The summed E-state index contributed by atoms with van der Waals surface area (Å²) in [4.78, 5) is 16.6. The van der Waals surface area contributed by atoms with Crippen LogP contribution in [0, 0.1) is 5.92 Å². The molecule has 0 unspecified atom stereocenters. The molecule has 108 valence electrons. The lowest BCUT2D eigenvalue weighted by Gasteiger charge is -2.38. The van der Waals surface area contributed by atoms with Gasteiger partial charge in [0.15, 0.2) is 0 Å². The number of piperazine rings is 1. The minimum absolute atomic E-state index is 0.179. The topological polar surface area (TPSA) is 58.8 Å². The van der Waals surface area contributed by atoms with Gasteiger partial charge in [0, 0.05) is 45.9 Å². The van der Waals surface area contributed by atoms with Crippen LogP contribution in [-0.2, 0) is 9.53 Å². The van der Waals surface area contributed by atoms with E-state index in [9.17, 15) is 4.79 Å². The Morgan fingerprint density at radius 2 is 1.79 bits per heavy atom. The fraction of sp³-hybridized carbons (Fsp3) is 0.929. The van der Waals surface area contributed by atoms with Gasteiger partial charge in [-0.1, -0.05) is 0 Å². The normalized spacial score (nSPS) is 28.4. The molecule has 0 atom stereocenters. The van der Waals surface area contributed by atoms with Gasteiger partial charge < -0.3 is 15.4 Å². The Morgan fingerprint density at radius 3 is 2.37 bits per heavy atom. The fourth-order valence-electron chi connectivity index (χ4n) is 3.09. The summed E-state index contributed by atoms with van der Waals surface area (Å²) in [6, 6.07) is 0. The molecule has 0 radical (unpaired) electrons. The number of carbonyl (C=O) groups excluding carboxylic acids is 1. The average Bonchev–Trinajstić information content (AvgIpc) is 3.19. The number of hydrogen-bond donors (Lipinski definition) is 1. The number of rotatable bonds is 3. The lowest BCUT2D eigenvalue weighted by molar-refractivity contribution is -0.135. The minimum atomic E-state index is -0.497. The first-order valence-corrected chi connectivity index (χ1v) is 7.56. The predicted octanol–water partition coefficient (Wildman–Crippen LogP) is 0.0485. The molecule has 0 aromatic carbocycles. The molecule has 3 aliphatic rings. The maximum Gasteiger partial charge on any atom is 0.242 e. The van der Waals surface area contributed by atoms with Crippen molar-refractivity contribution in [2.24, 2.45) is 11.7 Å². The van der Waals surface area contributed by atoms with Gasteiger partial charge in [-0.05, 0) is 31.6 Å². The minimum Gasteiger partial charge on any atom is -0.381 e. The maximum atomic E-state index is 12.1. The van der Waals surface area contributed by atoms with Crippen molar-refractivity contribution in [3.63, 3.8) is 0 Å². The van der Waals surface area contributed by atoms with Crippen LogP contribution in [0.3, 0.4) is 0 Å². The Bertz CT molecular complexity index is 330. The van der Waals surface area contributed by atoms with E-state index in [1.54, 1.807) is 0 Å². The smallest absolute Gasteiger partial charge is 0.242 e. The SMILES string of the molecule is NC1(C(=O)N2CCN(CC3CCOCC3)CC2)CC1. The molecule has 2 N–H and O–H groups in total. The fourth-order valence-corrected chi connectivity index (χ4v) is 3.09. The van der Waals surface area contributed by atoms with Crippen LogP contribution in [0.5, 0.6) is 0 Å². The van der Waals surface area contributed by atoms with Gasteiger partial charge in [0.25, 0.3) is 0 Å². The zero-order chi connectivity index (χ0) is 13.3. The van der Waals surface area contributed by atoms with Crippen LogP contribution in [-0.4, -0.2) is 67.2 Å². The third-order valence-electron chi connectivity index (χ3n) is 4.73. The molecular weight excluding hydrogens is 242 g/mol. The van der Waals surface area contributed by atoms with Gasteiger partial charge in [0.05, 0.1) is 5.54 Å². The van der Waals surface area contributed by atoms with E-state index in [2.05, 4.69) is 4.90 Å². The van der Waals surface area contributed by atoms with E-state index in [-0.39, 0.29) is 5.91 Å². The number of amides is 1. The van der Waals surface area contributed by atoms with Gasteiger partial charge in [0.2, 0.25) is 5.91 Å². The van der Waals surface area contributed by atoms with Gasteiger partial charge in [-0.3, -0.25) is 9.69 Å². The van der Waals surface area contributed by atoms with Crippen LogP contribution in [0.25, 0.3) is 0 Å². The van der Waals surface area contributed by atoms with Crippen molar-refractivity contribution in [1.29, 1.82) is 0 Å². The highest BCUT2D eigenvalue weighted by atomic mass is 16.5. The molecule has 0 aromatic rings. The summed E-state index contributed by atoms with van der Waals surface area (Å²) in [5, 5.41) is 0. The predicted molar refractivity (Wildman–Crippen MR) is 72.7 cm³/mol. The number of hydrogen-bond acceptors (Lipinski definition) is 4. The number of nitrogens with zero attached hydrogens (tertiary/aromatic N) is 2. The summed E-state index contributed by atoms with van der Waals surface area (Å²) >= 11 is 0. The monoisotopic (exact) mass is 267 g/mol. The van der Waals surface area contributed by atoms with Crippen LogP contribution in [0.15, 0.2) is 0 Å². The highest BCUT2D eigenvalue weighted by molar-refractivity contribution is 5.89. The third-order valence-corrected chi connectivity index (χ3v) is 4.73. The summed E-state index contributed by atoms with van der Waals surface area (Å²) in [6.07, 6.45) is 4.11. The molecule has 0 aromatic heterocycles. The van der Waals surface area contributed by atoms with E-state index >= 15 is 0 Å². The third kappa shape index (κ3) is 3.09. The van der Waals surface area contributed by atoms with E-state index in [0.717, 1.165) is 58.2 Å². The second kappa shape index (κ2) is 5.38. The van der Waals surface area contributed by atoms with Crippen molar-refractivity contribution in [1.82, 2.24) is 9.80 Å². The molecule has 3 rings (SSSR count). The van der Waals surface area contributed by atoms with Gasteiger partial charge >= 0.3 is 0 Å². The lowest BCUT2D eigenvalue weighted by Crippen LogP contribution is -2.54. The highest BCUT2D eigenvalue weighted by Crippen LogP contribution is 2.34. The van der Waals surface area contributed by atoms with Gasteiger partial charge in [0.1, 0.15) is 0 Å². The van der Waals surface area contributed by atoms with Crippen molar-refractivity contribution in [3.05, 3.63) is 0 Å². The summed E-state index contributed by atoms with van der Waals surface area (Å²) < 4.78 is 5.40. The second-order valence-corrected chi connectivity index (χ2v) is 6.30. The van der Waals surface area contributed by atoms with Crippen LogP contribution < -0.4 is 5.73 Å². The van der Waals surface area contributed by atoms with Gasteiger partial charge in [-0.25, -0.2) is 0 Å². The van der Waals surface area contributed by atoms with Crippen LogP contribution in [0.1, 0.15) is 25.7 Å². The molecule has 0 bridgehead atoms. The molecule has 1 amide bonds. The molecule has 5 heteroatoms. The number of ether oxygens (including phenoxy) is 1. The Morgan fingerprint density at radius 1 is 1.16 bits per heavy atom. The molecular formula is C14H25N3O2. The van der Waals surface area contributed by atoms with E-state index in [4.69, 9.17) is 10.5 Å². The van der Waals surface area contributed by atoms with E-state index in [0.29, 0.717) is 0 Å². The summed E-state index contributed by atoms with van der Waals surface area (Å²) in [7, 11) is 0. The molecule has 0 spiro atoms. The Labute approximate surface area is 115 Å². The first-order valence-electron chi connectivity index (χ1n) is 7.56. The largest absolute Gasteiger partial charge is 0.381 e. The molecule has 2 saturated heterocycles. The Kier molecular flexibility index (Phi) is 3.78. The van der Waals surface area contributed by atoms with Crippen LogP contribution in [0.4, 0.5) is 0 Å². The molecule has 2 heterocycles. The average molecular weight is 267 g/mol. The lowest BCUT2D eigenvalue weighted by atomic mass is 9.99. The summed E-state index contributed by atoms with van der Waals surface area (Å²) in [5.41, 5.74) is 5.49. The first kappa shape index (κ1) is 13.3. The maximum absolute atomic E-state index is 12.1. The molecule has 1 aliphatic carbocycles. The number of nitrogens with two attached hydrogens (primary N) is 1. The first-order chi connectivity index (χ1) is 9.17. The summed E-state index contributed by atoms with van der Waals surface area (Å²) in [5.74, 6) is 0.957. The second-order valence-electron chi connectivity index (χ2n) is 6.30. The standard InChI is InChI=1S/C14H25N3O2/c15-14(3-4-14)13(18)17-7-5-16(6-8-17)11-12-1-9-19-10-2-12/h12H,1-11,15H2. The molecule has 3 fully saturated rings. The Hall–Kier alpha value is -0.650. The van der Waals surface area contributed by atoms with Crippen molar-refractivity contribution >= 4 is 5.91 Å². The quantitative estimate of drug-likeness (QED) is 0.785. The van der Waals surface area contributed by atoms with Crippen molar-refractivity contribution < 1.29 is 9.53 Å². The molecule has 5 nitrogen and oxygen atoms in total. The van der Waals surface area contributed by atoms with E-state index in [1.807, 2.05) is 4.90 Å². The Balaban J connectivity index is 1.42. The van der Waals surface area contributed by atoms with Crippen molar-refractivity contribution in [3.8, 4) is 0 Å². The molecule has 19 heavy (non-hydrogen) atoms. The zero-order valence-electron chi connectivity index (χ0n) is 11.6. The zero-order valence-corrected chi connectivity index (χ0v) is 11.6. The van der Waals surface area contributed by atoms with E-state index < -0.39 is 5.54 Å². The molecule has 1 saturated carbocycles. The van der Waals surface area contributed by atoms with Gasteiger partial charge in [-0.15, -0.1) is 0 Å². The molecule has 2 aliphatic heterocycles. The summed E-state index contributed by atoms with van der Waals surface area (Å²) in [6.45, 7) is 6.69. The number of carbonyl (C=O) groups is 1. The van der Waals surface area contributed by atoms with Crippen molar-refractivity contribution in [2.45, 2.75) is 31.2 Å². The van der Waals surface area contributed by atoms with Crippen LogP contribution >= 0.6 is 0 Å². The van der Waals surface area contributed by atoms with Gasteiger partial charge in [-0.2, -0.15) is 0 Å².